The summed E-state index contributed by atoms with van der Waals surface area (Å²) in [4.78, 5) is 9.86. The van der Waals surface area contributed by atoms with Gasteiger partial charge < -0.3 is 19.8 Å². The fourth-order valence-electron chi connectivity index (χ4n) is 3.92. The second-order valence-electron chi connectivity index (χ2n) is 7.66. The van der Waals surface area contributed by atoms with E-state index in [9.17, 15) is 0 Å². The van der Waals surface area contributed by atoms with Gasteiger partial charge in [0, 0.05) is 26.2 Å². The molecule has 3 heterocycles. The number of rotatable bonds is 9. The van der Waals surface area contributed by atoms with E-state index < -0.39 is 0 Å². The van der Waals surface area contributed by atoms with E-state index in [0.29, 0.717) is 6.54 Å². The number of likely N-dealkylation sites (tertiary alicyclic amines) is 1. The second kappa shape index (κ2) is 11.4. The molecule has 3 rings (SSSR count). The predicted molar refractivity (Wildman–Crippen MR) is 113 cm³/mol. The highest BCUT2D eigenvalue weighted by Crippen LogP contribution is 2.26. The van der Waals surface area contributed by atoms with Gasteiger partial charge in [-0.15, -0.1) is 0 Å². The van der Waals surface area contributed by atoms with Gasteiger partial charge in [-0.1, -0.05) is 0 Å². The van der Waals surface area contributed by atoms with Gasteiger partial charge in [-0.25, -0.2) is 0 Å². The number of nitrogens with zero attached hydrogens (tertiary/aromatic N) is 3. The molecule has 0 aliphatic carbocycles. The van der Waals surface area contributed by atoms with Crippen LogP contribution in [0.4, 0.5) is 0 Å². The van der Waals surface area contributed by atoms with E-state index >= 15 is 0 Å². The Balaban J connectivity index is 1.51. The Hall–Kier alpha value is -1.57. The van der Waals surface area contributed by atoms with Crippen molar-refractivity contribution < 1.29 is 9.15 Å². The van der Waals surface area contributed by atoms with Gasteiger partial charge in [-0.05, 0) is 64.9 Å². The zero-order chi connectivity index (χ0) is 19.6. The van der Waals surface area contributed by atoms with E-state index in [-0.39, 0.29) is 6.04 Å². The monoisotopic (exact) mass is 391 g/mol. The Bertz CT molecular complexity index is 591. The van der Waals surface area contributed by atoms with E-state index in [1.54, 1.807) is 0 Å². The minimum Gasteiger partial charge on any atom is -0.465 e. The van der Waals surface area contributed by atoms with Crippen molar-refractivity contribution >= 4 is 5.96 Å². The van der Waals surface area contributed by atoms with Crippen molar-refractivity contribution in [2.24, 2.45) is 4.99 Å². The highest BCUT2D eigenvalue weighted by atomic mass is 16.5. The Kier molecular flexibility index (Phi) is 8.64. The van der Waals surface area contributed by atoms with Crippen LogP contribution < -0.4 is 10.6 Å². The molecule has 0 saturated carbocycles. The van der Waals surface area contributed by atoms with Crippen molar-refractivity contribution in [1.82, 2.24) is 20.4 Å². The molecule has 7 nitrogen and oxygen atoms in total. The molecule has 2 N–H and O–H groups in total. The van der Waals surface area contributed by atoms with E-state index in [1.165, 1.54) is 12.8 Å². The standard InChI is InChI=1S/C21H37N5O2/c1-3-22-21(23-9-6-10-25-13-15-27-16-14-25)24-17-19(26-11-4-5-12-26)20-8-7-18(2)28-20/h7-8,19H,3-6,9-17H2,1-2H3,(H2,22,23,24). The van der Waals surface area contributed by atoms with Crippen molar-refractivity contribution in [2.75, 3.05) is 65.6 Å². The number of morpholine rings is 1. The molecule has 2 fully saturated rings. The quantitative estimate of drug-likeness (QED) is 0.381. The maximum atomic E-state index is 5.95. The fraction of sp³-hybridized carbons (Fsp3) is 0.762. The van der Waals surface area contributed by atoms with Gasteiger partial charge in [-0.2, -0.15) is 0 Å². The van der Waals surface area contributed by atoms with Gasteiger partial charge in [0.15, 0.2) is 5.96 Å². The van der Waals surface area contributed by atoms with Crippen LogP contribution in [-0.2, 0) is 4.74 Å². The lowest BCUT2D eigenvalue weighted by atomic mass is 10.2. The lowest BCUT2D eigenvalue weighted by molar-refractivity contribution is 0.0376. The molecule has 28 heavy (non-hydrogen) atoms. The number of nitrogens with one attached hydrogen (secondary N) is 2. The van der Waals surface area contributed by atoms with Crippen LogP contribution in [0.2, 0.25) is 0 Å². The van der Waals surface area contributed by atoms with Crippen LogP contribution in [0, 0.1) is 6.92 Å². The van der Waals surface area contributed by atoms with Gasteiger partial charge >= 0.3 is 0 Å². The molecule has 7 heteroatoms. The third-order valence-corrected chi connectivity index (χ3v) is 5.48. The third kappa shape index (κ3) is 6.50. The summed E-state index contributed by atoms with van der Waals surface area (Å²) in [6, 6.07) is 4.38. The molecule has 1 atom stereocenters. The number of aryl methyl sites for hydroxylation is 1. The number of guanidine groups is 1. The molecule has 158 valence electrons. The summed E-state index contributed by atoms with van der Waals surface area (Å²) in [5.74, 6) is 2.90. The molecule has 1 unspecified atom stereocenters. The molecule has 2 aliphatic heterocycles. The molecule has 1 aromatic rings. The normalized spacial score (nSPS) is 20.4. The molecule has 1 aromatic heterocycles. The summed E-state index contributed by atoms with van der Waals surface area (Å²) in [7, 11) is 0. The largest absolute Gasteiger partial charge is 0.465 e. The van der Waals surface area contributed by atoms with Gasteiger partial charge in [0.05, 0.1) is 25.8 Å². The number of hydrogen-bond acceptors (Lipinski definition) is 5. The van der Waals surface area contributed by atoms with E-state index in [4.69, 9.17) is 14.1 Å². The first kappa shape index (κ1) is 21.1. The minimum atomic E-state index is 0.222. The second-order valence-corrected chi connectivity index (χ2v) is 7.66. The number of hydrogen-bond donors (Lipinski definition) is 2. The summed E-state index contributed by atoms with van der Waals surface area (Å²) < 4.78 is 11.4. The van der Waals surface area contributed by atoms with E-state index in [0.717, 1.165) is 82.9 Å². The Morgan fingerprint density at radius 1 is 1.14 bits per heavy atom. The predicted octanol–water partition coefficient (Wildman–Crippen LogP) is 2.00. The van der Waals surface area contributed by atoms with Crippen LogP contribution >= 0.6 is 0 Å². The Labute approximate surface area is 169 Å². The summed E-state index contributed by atoms with van der Waals surface area (Å²) >= 11 is 0. The van der Waals surface area contributed by atoms with Crippen molar-refractivity contribution in [3.63, 3.8) is 0 Å². The molecule has 0 spiro atoms. The van der Waals surface area contributed by atoms with Crippen LogP contribution in [0.5, 0.6) is 0 Å². The number of ether oxygens (including phenoxy) is 1. The van der Waals surface area contributed by atoms with E-state index in [2.05, 4.69) is 39.5 Å². The summed E-state index contributed by atoms with van der Waals surface area (Å²) in [6.07, 6.45) is 3.64. The highest BCUT2D eigenvalue weighted by molar-refractivity contribution is 5.79. The first-order valence-electron chi connectivity index (χ1n) is 10.9. The average molecular weight is 392 g/mol. The highest BCUT2D eigenvalue weighted by Gasteiger charge is 2.25. The maximum Gasteiger partial charge on any atom is 0.191 e. The smallest absolute Gasteiger partial charge is 0.191 e. The minimum absolute atomic E-state index is 0.222. The molecular weight excluding hydrogens is 354 g/mol. The topological polar surface area (TPSA) is 65.3 Å². The van der Waals surface area contributed by atoms with Crippen LogP contribution in [-0.4, -0.2) is 81.3 Å². The van der Waals surface area contributed by atoms with Crippen molar-refractivity contribution in [2.45, 2.75) is 39.2 Å². The van der Waals surface area contributed by atoms with Crippen molar-refractivity contribution in [3.05, 3.63) is 23.7 Å². The summed E-state index contributed by atoms with van der Waals surface area (Å²) in [5.41, 5.74) is 0. The lowest BCUT2D eigenvalue weighted by Gasteiger charge is -2.26. The molecule has 2 saturated heterocycles. The SMILES string of the molecule is CCNC(=NCC(c1ccc(C)o1)N1CCCC1)NCCCN1CCOCC1. The van der Waals surface area contributed by atoms with Crippen LogP contribution in [0.1, 0.15) is 43.7 Å². The third-order valence-electron chi connectivity index (χ3n) is 5.48. The van der Waals surface area contributed by atoms with Gasteiger partial charge in [0.25, 0.3) is 0 Å². The first-order valence-corrected chi connectivity index (χ1v) is 10.9. The zero-order valence-corrected chi connectivity index (χ0v) is 17.6. The Morgan fingerprint density at radius 2 is 1.93 bits per heavy atom. The number of furan rings is 1. The van der Waals surface area contributed by atoms with Gasteiger partial charge in [0.1, 0.15) is 11.5 Å². The number of aliphatic imine (C=N–C) groups is 1. The van der Waals surface area contributed by atoms with Crippen molar-refractivity contribution in [3.8, 4) is 0 Å². The molecule has 2 aliphatic rings. The molecule has 0 aromatic carbocycles. The van der Waals surface area contributed by atoms with Crippen molar-refractivity contribution in [1.29, 1.82) is 0 Å². The van der Waals surface area contributed by atoms with Gasteiger partial charge in [-0.3, -0.25) is 14.8 Å². The summed E-state index contributed by atoms with van der Waals surface area (Å²) in [6.45, 7) is 13.8. The maximum absolute atomic E-state index is 5.95. The zero-order valence-electron chi connectivity index (χ0n) is 17.6. The van der Waals surface area contributed by atoms with Crippen LogP contribution in [0.15, 0.2) is 21.5 Å². The first-order chi connectivity index (χ1) is 13.8. The fourth-order valence-corrected chi connectivity index (χ4v) is 3.92. The van der Waals surface area contributed by atoms with Gasteiger partial charge in [0.2, 0.25) is 0 Å². The molecular formula is C21H37N5O2. The molecule has 0 bridgehead atoms. The van der Waals surface area contributed by atoms with Crippen LogP contribution in [0.25, 0.3) is 0 Å². The van der Waals surface area contributed by atoms with E-state index in [1.807, 2.05) is 6.92 Å². The Morgan fingerprint density at radius 3 is 2.61 bits per heavy atom. The summed E-state index contributed by atoms with van der Waals surface area (Å²) in [5, 5.41) is 6.87. The molecule has 0 radical (unpaired) electrons. The average Bonchev–Trinajstić information content (AvgIpc) is 3.38. The van der Waals surface area contributed by atoms with Crippen LogP contribution in [0.3, 0.4) is 0 Å². The molecule has 0 amide bonds. The lowest BCUT2D eigenvalue weighted by Crippen LogP contribution is -2.41.